The zero-order valence-corrected chi connectivity index (χ0v) is 23.1. The van der Waals surface area contributed by atoms with Gasteiger partial charge in [0.05, 0.1) is 10.6 Å². The highest BCUT2D eigenvalue weighted by Gasteiger charge is 2.24. The van der Waals surface area contributed by atoms with E-state index in [4.69, 9.17) is 16.3 Å². The van der Waals surface area contributed by atoms with Crippen molar-refractivity contribution in [2.45, 2.75) is 33.8 Å². The molecule has 1 amide bonds. The van der Waals surface area contributed by atoms with Crippen LogP contribution < -0.4 is 10.1 Å². The molecule has 1 saturated heterocycles. The average Bonchev–Trinajstić information content (AvgIpc) is 3.41. The Kier molecular flexibility index (Phi) is 7.72. The van der Waals surface area contributed by atoms with Gasteiger partial charge in [-0.3, -0.25) is 4.79 Å². The number of aromatic nitrogens is 1. The lowest BCUT2D eigenvalue weighted by atomic mass is 10.2. The highest BCUT2D eigenvalue weighted by molar-refractivity contribution is 8.18. The van der Waals surface area contributed by atoms with Crippen molar-refractivity contribution in [1.29, 1.82) is 0 Å². The summed E-state index contributed by atoms with van der Waals surface area (Å²) in [5.74, 6) is 0.662. The molecular weight excluding hydrogens is 514 g/mol. The van der Waals surface area contributed by atoms with Crippen molar-refractivity contribution in [2.24, 2.45) is 4.99 Å². The second-order valence-electron chi connectivity index (χ2n) is 9.07. The Hall–Kier alpha value is -3.74. The van der Waals surface area contributed by atoms with E-state index >= 15 is 0 Å². The summed E-state index contributed by atoms with van der Waals surface area (Å²) in [5, 5.41) is 4.19. The SMILES string of the molecule is CCc1ccc(N=C2NC(=O)/C(=C/c3cc(C)n(-c4ccc(OCc5ccc(Cl)cc5)cc4)c3C)S2)cc1. The Labute approximate surface area is 232 Å². The molecule has 192 valence electrons. The number of amides is 1. The van der Waals surface area contributed by atoms with Gasteiger partial charge >= 0.3 is 0 Å². The quantitative estimate of drug-likeness (QED) is 0.243. The molecule has 0 spiro atoms. The third-order valence-corrected chi connectivity index (χ3v) is 7.56. The molecule has 0 saturated carbocycles. The second-order valence-corrected chi connectivity index (χ2v) is 10.5. The van der Waals surface area contributed by atoms with E-state index in [2.05, 4.69) is 53.8 Å². The molecule has 5 nitrogen and oxygen atoms in total. The van der Waals surface area contributed by atoms with E-state index in [9.17, 15) is 4.79 Å². The minimum absolute atomic E-state index is 0.133. The molecule has 2 heterocycles. The van der Waals surface area contributed by atoms with Crippen LogP contribution in [0.1, 0.15) is 35.0 Å². The average molecular weight is 542 g/mol. The summed E-state index contributed by atoms with van der Waals surface area (Å²) in [6.07, 6.45) is 2.92. The standard InChI is InChI=1S/C31H28ClN3O2S/c1-4-22-7-11-26(12-8-22)33-31-34-30(36)29(38-31)18-24-17-20(2)35(21(24)3)27-13-15-28(16-14-27)37-19-23-5-9-25(32)10-6-23/h5-18H,4,19H2,1-3H3,(H,33,34,36)/b29-18-. The van der Waals surface area contributed by atoms with Crippen LogP contribution >= 0.6 is 23.4 Å². The number of benzene rings is 3. The molecule has 0 aliphatic carbocycles. The first kappa shape index (κ1) is 25.9. The van der Waals surface area contributed by atoms with Crippen molar-refractivity contribution in [3.05, 3.63) is 117 Å². The third kappa shape index (κ3) is 5.87. The summed E-state index contributed by atoms with van der Waals surface area (Å²) in [5.41, 5.74) is 7.31. The first-order chi connectivity index (χ1) is 18.4. The molecule has 0 bridgehead atoms. The molecule has 4 aromatic rings. The predicted molar refractivity (Wildman–Crippen MR) is 158 cm³/mol. The number of hydrogen-bond acceptors (Lipinski definition) is 4. The zero-order chi connectivity index (χ0) is 26.6. The number of nitrogens with zero attached hydrogens (tertiary/aromatic N) is 2. The molecule has 7 heteroatoms. The Morgan fingerprint density at radius 1 is 0.974 bits per heavy atom. The van der Waals surface area contributed by atoms with E-state index < -0.39 is 0 Å². The van der Waals surface area contributed by atoms with Gasteiger partial charge in [0, 0.05) is 22.1 Å². The van der Waals surface area contributed by atoms with E-state index in [0.717, 1.165) is 46.1 Å². The number of halogens is 1. The fourth-order valence-electron chi connectivity index (χ4n) is 4.31. The van der Waals surface area contributed by atoms with E-state index in [-0.39, 0.29) is 5.91 Å². The highest BCUT2D eigenvalue weighted by atomic mass is 35.5. The van der Waals surface area contributed by atoms with Gasteiger partial charge in [-0.15, -0.1) is 0 Å². The second kappa shape index (κ2) is 11.3. The van der Waals surface area contributed by atoms with Crippen LogP contribution in [0.2, 0.25) is 5.02 Å². The Balaban J connectivity index is 1.30. The maximum absolute atomic E-state index is 12.7. The summed E-state index contributed by atoms with van der Waals surface area (Å²) in [6, 6.07) is 25.8. The maximum atomic E-state index is 12.7. The maximum Gasteiger partial charge on any atom is 0.264 e. The summed E-state index contributed by atoms with van der Waals surface area (Å²) in [4.78, 5) is 17.9. The Morgan fingerprint density at radius 3 is 2.34 bits per heavy atom. The lowest BCUT2D eigenvalue weighted by molar-refractivity contribution is -0.115. The molecule has 1 N–H and O–H groups in total. The van der Waals surface area contributed by atoms with Gasteiger partial charge in [-0.2, -0.15) is 0 Å². The van der Waals surface area contributed by atoms with Crippen molar-refractivity contribution in [1.82, 2.24) is 9.88 Å². The van der Waals surface area contributed by atoms with Gasteiger partial charge in [0.2, 0.25) is 0 Å². The van der Waals surface area contributed by atoms with Crippen LogP contribution in [0.25, 0.3) is 11.8 Å². The molecule has 0 unspecified atom stereocenters. The number of rotatable bonds is 7. The van der Waals surface area contributed by atoms with Crippen LogP contribution in [-0.4, -0.2) is 15.6 Å². The topological polar surface area (TPSA) is 55.6 Å². The highest BCUT2D eigenvalue weighted by Crippen LogP contribution is 2.31. The number of nitrogens with one attached hydrogen (secondary N) is 1. The normalized spacial score (nSPS) is 15.3. The summed E-state index contributed by atoms with van der Waals surface area (Å²) < 4.78 is 8.11. The minimum Gasteiger partial charge on any atom is -0.489 e. The Bertz CT molecular complexity index is 1520. The molecule has 1 aliphatic heterocycles. The molecular formula is C31H28ClN3O2S. The van der Waals surface area contributed by atoms with Crippen LogP contribution in [-0.2, 0) is 17.8 Å². The smallest absolute Gasteiger partial charge is 0.264 e. The summed E-state index contributed by atoms with van der Waals surface area (Å²) in [6.45, 7) is 6.72. The fourth-order valence-corrected chi connectivity index (χ4v) is 5.27. The number of aliphatic imine (C=N–C) groups is 1. The largest absolute Gasteiger partial charge is 0.489 e. The zero-order valence-electron chi connectivity index (χ0n) is 21.5. The van der Waals surface area contributed by atoms with E-state index in [0.29, 0.717) is 21.7 Å². The van der Waals surface area contributed by atoms with Crippen LogP contribution in [0.5, 0.6) is 5.75 Å². The molecule has 5 rings (SSSR count). The van der Waals surface area contributed by atoms with Crippen molar-refractivity contribution in [3.8, 4) is 11.4 Å². The number of aryl methyl sites for hydroxylation is 2. The number of amidine groups is 1. The van der Waals surface area contributed by atoms with Crippen molar-refractivity contribution < 1.29 is 9.53 Å². The van der Waals surface area contributed by atoms with Gasteiger partial charge in [-0.05, 0) is 109 Å². The van der Waals surface area contributed by atoms with Crippen molar-refractivity contribution in [3.63, 3.8) is 0 Å². The van der Waals surface area contributed by atoms with E-state index in [1.54, 1.807) is 0 Å². The van der Waals surface area contributed by atoms with Crippen LogP contribution in [0.4, 0.5) is 5.69 Å². The van der Waals surface area contributed by atoms with E-state index in [1.807, 2.05) is 66.7 Å². The molecule has 0 radical (unpaired) electrons. The number of carbonyl (C=O) groups excluding carboxylic acids is 1. The Morgan fingerprint density at radius 2 is 1.66 bits per heavy atom. The van der Waals surface area contributed by atoms with Gasteiger partial charge in [0.1, 0.15) is 12.4 Å². The fraction of sp³-hybridized carbons (Fsp3) is 0.161. The molecule has 1 fully saturated rings. The van der Waals surface area contributed by atoms with Gasteiger partial charge in [0.25, 0.3) is 5.91 Å². The van der Waals surface area contributed by atoms with Crippen molar-refractivity contribution in [2.75, 3.05) is 0 Å². The monoisotopic (exact) mass is 541 g/mol. The molecule has 1 aromatic heterocycles. The van der Waals surface area contributed by atoms with Crippen LogP contribution in [0, 0.1) is 13.8 Å². The lowest BCUT2D eigenvalue weighted by Gasteiger charge is -2.11. The molecule has 1 aliphatic rings. The summed E-state index contributed by atoms with van der Waals surface area (Å²) in [7, 11) is 0. The third-order valence-electron chi connectivity index (χ3n) is 6.40. The van der Waals surface area contributed by atoms with Crippen LogP contribution in [0.15, 0.2) is 88.8 Å². The lowest BCUT2D eigenvalue weighted by Crippen LogP contribution is -2.19. The van der Waals surface area contributed by atoms with Gasteiger partial charge in [-0.1, -0.05) is 42.8 Å². The number of carbonyl (C=O) groups is 1. The van der Waals surface area contributed by atoms with Gasteiger partial charge < -0.3 is 14.6 Å². The number of ether oxygens (including phenoxy) is 1. The van der Waals surface area contributed by atoms with Gasteiger partial charge in [-0.25, -0.2) is 4.99 Å². The van der Waals surface area contributed by atoms with E-state index in [1.165, 1.54) is 17.3 Å². The number of hydrogen-bond donors (Lipinski definition) is 1. The summed E-state index contributed by atoms with van der Waals surface area (Å²) >= 11 is 7.32. The first-order valence-corrected chi connectivity index (χ1v) is 13.6. The number of thioether (sulfide) groups is 1. The molecule has 38 heavy (non-hydrogen) atoms. The minimum atomic E-state index is -0.133. The van der Waals surface area contributed by atoms with Crippen LogP contribution in [0.3, 0.4) is 0 Å². The van der Waals surface area contributed by atoms with Gasteiger partial charge in [0.15, 0.2) is 5.17 Å². The predicted octanol–water partition coefficient (Wildman–Crippen LogP) is 7.78. The van der Waals surface area contributed by atoms with Crippen molar-refractivity contribution >= 4 is 46.2 Å². The first-order valence-electron chi connectivity index (χ1n) is 12.4. The molecule has 0 atom stereocenters. The molecule has 3 aromatic carbocycles.